The van der Waals surface area contributed by atoms with Gasteiger partial charge in [0.25, 0.3) is 0 Å². The quantitative estimate of drug-likeness (QED) is 0.408. The number of rotatable bonds is 7. The van der Waals surface area contributed by atoms with E-state index in [1.807, 2.05) is 83.2 Å². The molecule has 0 aromatic rings. The number of carbonyl (C=O) groups is 2. The van der Waals surface area contributed by atoms with E-state index < -0.39 is 29.8 Å². The van der Waals surface area contributed by atoms with Gasteiger partial charge in [0.15, 0.2) is 0 Å². The van der Waals surface area contributed by atoms with Gasteiger partial charge in [0.1, 0.15) is 0 Å². The van der Waals surface area contributed by atoms with Crippen LogP contribution in [0, 0.1) is 34.0 Å². The molecule has 2 rings (SSSR count). The Labute approximate surface area is 183 Å². The molecule has 4 heteroatoms. The molecule has 0 aromatic heterocycles. The van der Waals surface area contributed by atoms with Crippen molar-refractivity contribution in [2.45, 2.75) is 61.8 Å². The average Bonchev–Trinajstić information content (AvgIpc) is 2.58. The van der Waals surface area contributed by atoms with Gasteiger partial charge in [0.2, 0.25) is 18.2 Å². The summed E-state index contributed by atoms with van der Waals surface area (Å²) in [5.41, 5.74) is -1.65. The fourth-order valence-corrected chi connectivity index (χ4v) is 8.07. The molecule has 30 heavy (non-hydrogen) atoms. The fraction of sp³-hybridized carbons (Fsp3) is 0.615. The molecule has 0 spiro atoms. The molecule has 0 radical (unpaired) electrons. The molecule has 3 unspecified atom stereocenters. The normalized spacial score (nSPS) is 27.5. The van der Waals surface area contributed by atoms with E-state index in [2.05, 4.69) is 20.8 Å². The first-order chi connectivity index (χ1) is 13.6. The summed E-state index contributed by atoms with van der Waals surface area (Å²) in [6.07, 6.45) is 16.0. The minimum Gasteiger partial charge on any atom is -0.308 e. The van der Waals surface area contributed by atoms with E-state index in [0.717, 1.165) is 6.42 Å². The molecule has 0 heterocycles. The lowest BCUT2D eigenvalue weighted by molar-refractivity contribution is -0.119. The van der Waals surface area contributed by atoms with Crippen molar-refractivity contribution in [3.8, 4) is 0 Å². The van der Waals surface area contributed by atoms with Crippen LogP contribution in [-0.2, 0) is 14.2 Å². The van der Waals surface area contributed by atoms with Crippen molar-refractivity contribution in [1.82, 2.24) is 0 Å². The highest BCUT2D eigenvalue weighted by Gasteiger charge is 2.51. The SMILES string of the molecule is CC(CC(C)(C)C)CP(=O)(C(=O)C1C=CC=CC1(C)C)C(=O)C1C=CC=CC1(C)C. The average molecular weight is 431 g/mol. The Morgan fingerprint density at radius 3 is 1.60 bits per heavy atom. The molecular formula is C26H39O3P. The van der Waals surface area contributed by atoms with E-state index in [0.29, 0.717) is 0 Å². The zero-order valence-corrected chi connectivity index (χ0v) is 20.8. The van der Waals surface area contributed by atoms with Crippen molar-refractivity contribution in [2.24, 2.45) is 34.0 Å². The maximum Gasteiger partial charge on any atom is 0.212 e. The Balaban J connectivity index is 2.48. The van der Waals surface area contributed by atoms with Gasteiger partial charge in [-0.2, -0.15) is 0 Å². The van der Waals surface area contributed by atoms with E-state index >= 15 is 0 Å². The lowest BCUT2D eigenvalue weighted by atomic mass is 9.76. The molecule has 0 saturated carbocycles. The van der Waals surface area contributed by atoms with E-state index in [1.165, 1.54) is 0 Å². The minimum absolute atomic E-state index is 0.0150. The second kappa shape index (κ2) is 8.58. The summed E-state index contributed by atoms with van der Waals surface area (Å²) in [4.78, 5) is 27.6. The molecule has 0 aliphatic heterocycles. The summed E-state index contributed by atoms with van der Waals surface area (Å²) < 4.78 is 14.5. The zero-order chi connectivity index (χ0) is 23.0. The van der Waals surface area contributed by atoms with Gasteiger partial charge in [-0.1, -0.05) is 104 Å². The lowest BCUT2D eigenvalue weighted by Crippen LogP contribution is -2.36. The van der Waals surface area contributed by atoms with Crippen LogP contribution in [-0.4, -0.2) is 17.2 Å². The zero-order valence-electron chi connectivity index (χ0n) is 19.9. The van der Waals surface area contributed by atoms with Crippen LogP contribution in [0.5, 0.6) is 0 Å². The summed E-state index contributed by atoms with van der Waals surface area (Å²) in [6.45, 7) is 16.3. The van der Waals surface area contributed by atoms with E-state index in [1.54, 1.807) is 0 Å². The number of carbonyl (C=O) groups excluding carboxylic acids is 2. The highest BCUT2D eigenvalue weighted by molar-refractivity contribution is 7.94. The predicted molar refractivity (Wildman–Crippen MR) is 127 cm³/mol. The van der Waals surface area contributed by atoms with E-state index in [9.17, 15) is 14.2 Å². The molecular weight excluding hydrogens is 391 g/mol. The standard InChI is InChI=1S/C26H39O3P/c1-19(17-24(2,3)4)18-30(29,22(27)20-13-9-11-15-25(20,5)6)23(28)21-14-10-12-16-26(21,7)8/h9-16,19-21H,17-18H2,1-8H3. The van der Waals surface area contributed by atoms with Gasteiger partial charge in [-0.05, 0) is 28.6 Å². The molecule has 0 saturated heterocycles. The van der Waals surface area contributed by atoms with Gasteiger partial charge in [-0.15, -0.1) is 0 Å². The molecule has 0 amide bonds. The third-order valence-electron chi connectivity index (χ3n) is 6.26. The van der Waals surface area contributed by atoms with E-state index in [-0.39, 0.29) is 28.5 Å². The van der Waals surface area contributed by atoms with Crippen molar-refractivity contribution in [3.05, 3.63) is 48.6 Å². The first-order valence-corrected chi connectivity index (χ1v) is 12.9. The van der Waals surface area contributed by atoms with Crippen molar-refractivity contribution < 1.29 is 14.2 Å². The highest BCUT2D eigenvalue weighted by Crippen LogP contribution is 2.59. The van der Waals surface area contributed by atoms with Gasteiger partial charge in [0, 0.05) is 6.16 Å². The lowest BCUT2D eigenvalue weighted by Gasteiger charge is -2.37. The fourth-order valence-electron chi connectivity index (χ4n) is 4.75. The van der Waals surface area contributed by atoms with Crippen LogP contribution in [0.4, 0.5) is 0 Å². The van der Waals surface area contributed by atoms with Crippen molar-refractivity contribution >= 4 is 18.2 Å². The van der Waals surface area contributed by atoms with Crippen LogP contribution in [0.1, 0.15) is 61.8 Å². The molecule has 0 aromatic carbocycles. The molecule has 3 atom stereocenters. The van der Waals surface area contributed by atoms with Crippen LogP contribution < -0.4 is 0 Å². The molecule has 0 N–H and O–H groups in total. The Morgan fingerprint density at radius 2 is 1.27 bits per heavy atom. The molecule has 3 nitrogen and oxygen atoms in total. The first-order valence-electron chi connectivity index (χ1n) is 11.0. The topological polar surface area (TPSA) is 51.2 Å². The molecule has 166 valence electrons. The summed E-state index contributed by atoms with van der Waals surface area (Å²) in [5.74, 6) is -1.09. The Morgan fingerprint density at radius 1 is 0.867 bits per heavy atom. The summed E-state index contributed by atoms with van der Waals surface area (Å²) in [5, 5.41) is 0. The second-order valence-electron chi connectivity index (χ2n) is 11.6. The molecule has 2 aliphatic carbocycles. The number of hydrogen-bond donors (Lipinski definition) is 0. The van der Waals surface area contributed by atoms with Crippen LogP contribution in [0.2, 0.25) is 0 Å². The minimum atomic E-state index is -3.79. The Bertz CT molecular complexity index is 790. The summed E-state index contributed by atoms with van der Waals surface area (Å²) >= 11 is 0. The van der Waals surface area contributed by atoms with Crippen LogP contribution in [0.3, 0.4) is 0 Å². The maximum absolute atomic E-state index is 14.5. The Hall–Kier alpha value is -1.47. The van der Waals surface area contributed by atoms with Gasteiger partial charge >= 0.3 is 0 Å². The number of hydrogen-bond acceptors (Lipinski definition) is 3. The molecule has 0 fully saturated rings. The largest absolute Gasteiger partial charge is 0.308 e. The third-order valence-corrected chi connectivity index (χ3v) is 9.38. The van der Waals surface area contributed by atoms with Gasteiger partial charge < -0.3 is 4.57 Å². The van der Waals surface area contributed by atoms with Crippen LogP contribution in [0.15, 0.2) is 48.6 Å². The monoisotopic (exact) mass is 430 g/mol. The van der Waals surface area contributed by atoms with Crippen molar-refractivity contribution in [1.29, 1.82) is 0 Å². The van der Waals surface area contributed by atoms with E-state index in [4.69, 9.17) is 0 Å². The van der Waals surface area contributed by atoms with Gasteiger partial charge in [0.05, 0.1) is 11.8 Å². The summed E-state index contributed by atoms with van der Waals surface area (Å²) in [6, 6.07) is 0. The first kappa shape index (κ1) is 24.8. The second-order valence-corrected chi connectivity index (χ2v) is 14.3. The van der Waals surface area contributed by atoms with Gasteiger partial charge in [-0.25, -0.2) is 0 Å². The van der Waals surface area contributed by atoms with Crippen molar-refractivity contribution in [2.75, 3.05) is 6.16 Å². The highest BCUT2D eigenvalue weighted by atomic mass is 31.2. The van der Waals surface area contributed by atoms with Crippen molar-refractivity contribution in [3.63, 3.8) is 0 Å². The van der Waals surface area contributed by atoms with Crippen LogP contribution in [0.25, 0.3) is 0 Å². The summed E-state index contributed by atoms with van der Waals surface area (Å²) in [7, 11) is -3.79. The third kappa shape index (κ3) is 5.41. The smallest absolute Gasteiger partial charge is 0.212 e. The number of allylic oxidation sites excluding steroid dienone is 8. The predicted octanol–water partition coefficient (Wildman–Crippen LogP) is 7.01. The Kier molecular flexibility index (Phi) is 7.09. The van der Waals surface area contributed by atoms with Crippen LogP contribution >= 0.6 is 7.14 Å². The maximum atomic E-state index is 14.5. The molecule has 0 bridgehead atoms. The van der Waals surface area contributed by atoms with Gasteiger partial charge in [-0.3, -0.25) is 9.59 Å². The molecule has 2 aliphatic rings.